The lowest BCUT2D eigenvalue weighted by molar-refractivity contribution is -0.133. The lowest BCUT2D eigenvalue weighted by Gasteiger charge is -2.35. The molecule has 1 atom stereocenters. The van der Waals surface area contributed by atoms with Crippen molar-refractivity contribution in [2.24, 2.45) is 0 Å². The number of rotatable bonds is 4. The predicted molar refractivity (Wildman–Crippen MR) is 95.4 cm³/mol. The van der Waals surface area contributed by atoms with E-state index in [1.165, 1.54) is 4.57 Å². The van der Waals surface area contributed by atoms with Gasteiger partial charge < -0.3 is 10.0 Å². The third kappa shape index (κ3) is 3.88. The third-order valence-electron chi connectivity index (χ3n) is 4.59. The highest BCUT2D eigenvalue weighted by Gasteiger charge is 2.22. The van der Waals surface area contributed by atoms with Crippen LogP contribution in [0.4, 0.5) is 0 Å². The summed E-state index contributed by atoms with van der Waals surface area (Å²) < 4.78 is 1.45. The number of aliphatic hydroxyl groups is 1. The van der Waals surface area contributed by atoms with E-state index >= 15 is 0 Å². The molecule has 2 aromatic rings. The fourth-order valence-corrected chi connectivity index (χ4v) is 3.25. The number of aliphatic hydroxyl groups excluding tert-OH is 1. The molecule has 1 aliphatic rings. The van der Waals surface area contributed by atoms with Crippen molar-refractivity contribution in [3.05, 3.63) is 40.4 Å². The summed E-state index contributed by atoms with van der Waals surface area (Å²) in [5.41, 5.74) is 0.477. The molecule has 25 heavy (non-hydrogen) atoms. The number of hydrogen-bond donors (Lipinski definition) is 1. The molecule has 1 unspecified atom stereocenters. The normalized spacial score (nSPS) is 17.0. The van der Waals surface area contributed by atoms with Crippen molar-refractivity contribution in [2.75, 3.05) is 32.7 Å². The fourth-order valence-electron chi connectivity index (χ4n) is 3.25. The van der Waals surface area contributed by atoms with Gasteiger partial charge in [0.1, 0.15) is 12.4 Å². The van der Waals surface area contributed by atoms with E-state index in [-0.39, 0.29) is 24.1 Å². The van der Waals surface area contributed by atoms with Crippen LogP contribution in [0.5, 0.6) is 0 Å². The molecular weight excluding hydrogens is 320 g/mol. The van der Waals surface area contributed by atoms with Crippen molar-refractivity contribution in [3.63, 3.8) is 0 Å². The first-order valence-corrected chi connectivity index (χ1v) is 8.60. The first-order chi connectivity index (χ1) is 12.0. The lowest BCUT2D eigenvalue weighted by atomic mass is 10.2. The van der Waals surface area contributed by atoms with Crippen LogP contribution in [0.1, 0.15) is 12.7 Å². The second kappa shape index (κ2) is 7.33. The van der Waals surface area contributed by atoms with E-state index in [2.05, 4.69) is 9.88 Å². The summed E-state index contributed by atoms with van der Waals surface area (Å²) in [6.45, 7) is 6.84. The summed E-state index contributed by atoms with van der Waals surface area (Å²) in [4.78, 5) is 33.6. The molecular formula is C18H24N4O3. The fraction of sp³-hybridized carbons (Fsp3) is 0.500. The average molecular weight is 344 g/mol. The number of benzene rings is 1. The topological polar surface area (TPSA) is 78.7 Å². The molecule has 0 bridgehead atoms. The Kier molecular flexibility index (Phi) is 5.15. The Morgan fingerprint density at radius 2 is 1.92 bits per heavy atom. The summed E-state index contributed by atoms with van der Waals surface area (Å²) >= 11 is 0. The summed E-state index contributed by atoms with van der Waals surface area (Å²) in [5, 5.41) is 9.99. The van der Waals surface area contributed by atoms with Crippen LogP contribution in [0.25, 0.3) is 10.9 Å². The van der Waals surface area contributed by atoms with Gasteiger partial charge in [-0.05, 0) is 26.0 Å². The van der Waals surface area contributed by atoms with Gasteiger partial charge in [-0.25, -0.2) is 4.98 Å². The largest absolute Gasteiger partial charge is 0.392 e. The SMILES string of the molecule is Cc1nc2ccccc2c(=O)n1CC(=O)N1CCN(CC(C)O)CC1. The van der Waals surface area contributed by atoms with Crippen LogP contribution >= 0.6 is 0 Å². The Bertz CT molecular complexity index is 823. The average Bonchev–Trinajstić information content (AvgIpc) is 2.58. The zero-order valence-corrected chi connectivity index (χ0v) is 14.7. The zero-order chi connectivity index (χ0) is 18.0. The standard InChI is InChI=1S/C18H24N4O3/c1-13(23)11-20-7-9-21(10-8-20)17(24)12-22-14(2)19-16-6-4-3-5-15(16)18(22)25/h3-6,13,23H,7-12H2,1-2H3. The second-order valence-electron chi connectivity index (χ2n) is 6.60. The number of hydrogen-bond acceptors (Lipinski definition) is 5. The molecule has 0 radical (unpaired) electrons. The smallest absolute Gasteiger partial charge is 0.261 e. The van der Waals surface area contributed by atoms with Crippen molar-refractivity contribution in [1.29, 1.82) is 0 Å². The number of para-hydroxylation sites is 1. The second-order valence-corrected chi connectivity index (χ2v) is 6.60. The summed E-state index contributed by atoms with van der Waals surface area (Å²) in [5.74, 6) is 0.476. The van der Waals surface area contributed by atoms with E-state index in [1.807, 2.05) is 6.07 Å². The number of aryl methyl sites for hydroxylation is 1. The molecule has 1 aliphatic heterocycles. The number of piperazine rings is 1. The van der Waals surface area contributed by atoms with Crippen LogP contribution in [-0.4, -0.2) is 69.2 Å². The molecule has 1 N–H and O–H groups in total. The van der Waals surface area contributed by atoms with Crippen LogP contribution in [-0.2, 0) is 11.3 Å². The van der Waals surface area contributed by atoms with Crippen molar-refractivity contribution in [3.8, 4) is 0 Å². The van der Waals surface area contributed by atoms with Crippen molar-refractivity contribution in [1.82, 2.24) is 19.4 Å². The minimum absolute atomic E-state index is 0.0128. The van der Waals surface area contributed by atoms with Gasteiger partial charge in [0.15, 0.2) is 0 Å². The number of carbonyl (C=O) groups excluding carboxylic acids is 1. The van der Waals surface area contributed by atoms with Gasteiger partial charge in [-0.1, -0.05) is 12.1 Å². The van der Waals surface area contributed by atoms with E-state index < -0.39 is 0 Å². The Morgan fingerprint density at radius 1 is 1.24 bits per heavy atom. The number of aromatic nitrogens is 2. The molecule has 0 aliphatic carbocycles. The van der Waals surface area contributed by atoms with Gasteiger partial charge in [-0.15, -0.1) is 0 Å². The van der Waals surface area contributed by atoms with Crippen molar-refractivity contribution in [2.45, 2.75) is 26.5 Å². The van der Waals surface area contributed by atoms with Crippen LogP contribution in [0.2, 0.25) is 0 Å². The van der Waals surface area contributed by atoms with Gasteiger partial charge in [0.05, 0.1) is 17.0 Å². The number of β-amino-alcohol motifs (C(OH)–C–C–N with tert-alkyl or cyclic N) is 1. The lowest BCUT2D eigenvalue weighted by Crippen LogP contribution is -2.51. The summed E-state index contributed by atoms with van der Waals surface area (Å²) in [6, 6.07) is 7.18. The van der Waals surface area contributed by atoms with E-state index in [1.54, 1.807) is 36.9 Å². The molecule has 7 nitrogen and oxygen atoms in total. The highest BCUT2D eigenvalue weighted by molar-refractivity contribution is 5.79. The number of nitrogens with zero attached hydrogens (tertiary/aromatic N) is 4. The quantitative estimate of drug-likeness (QED) is 0.859. The van der Waals surface area contributed by atoms with Gasteiger partial charge in [-0.2, -0.15) is 0 Å². The minimum atomic E-state index is -0.368. The third-order valence-corrected chi connectivity index (χ3v) is 4.59. The Balaban J connectivity index is 1.72. The summed E-state index contributed by atoms with van der Waals surface area (Å²) in [6.07, 6.45) is -0.368. The maximum absolute atomic E-state index is 12.7. The van der Waals surface area contributed by atoms with Crippen molar-refractivity contribution >= 4 is 16.8 Å². The van der Waals surface area contributed by atoms with E-state index in [0.29, 0.717) is 36.4 Å². The number of amides is 1. The van der Waals surface area contributed by atoms with E-state index in [9.17, 15) is 14.7 Å². The van der Waals surface area contributed by atoms with Crippen LogP contribution in [0.15, 0.2) is 29.1 Å². The van der Waals surface area contributed by atoms with Gasteiger partial charge in [0.2, 0.25) is 5.91 Å². The van der Waals surface area contributed by atoms with Gasteiger partial charge >= 0.3 is 0 Å². The number of fused-ring (bicyclic) bond motifs is 1. The monoisotopic (exact) mass is 344 g/mol. The van der Waals surface area contributed by atoms with Gasteiger partial charge in [0, 0.05) is 32.7 Å². The molecule has 134 valence electrons. The molecule has 2 heterocycles. The minimum Gasteiger partial charge on any atom is -0.392 e. The van der Waals surface area contributed by atoms with Crippen LogP contribution in [0.3, 0.4) is 0 Å². The molecule has 0 spiro atoms. The molecule has 1 saturated heterocycles. The van der Waals surface area contributed by atoms with Crippen molar-refractivity contribution < 1.29 is 9.90 Å². The number of carbonyl (C=O) groups is 1. The highest BCUT2D eigenvalue weighted by Crippen LogP contribution is 2.09. The van der Waals surface area contributed by atoms with Crippen LogP contribution < -0.4 is 5.56 Å². The Hall–Kier alpha value is -2.25. The van der Waals surface area contributed by atoms with Gasteiger partial charge in [0.25, 0.3) is 5.56 Å². The molecule has 7 heteroatoms. The predicted octanol–water partition coefficient (Wildman–Crippen LogP) is 0.230. The van der Waals surface area contributed by atoms with Gasteiger partial charge in [-0.3, -0.25) is 19.1 Å². The van der Waals surface area contributed by atoms with Crippen LogP contribution in [0, 0.1) is 6.92 Å². The maximum atomic E-state index is 12.7. The first kappa shape index (κ1) is 17.6. The van der Waals surface area contributed by atoms with E-state index in [4.69, 9.17) is 0 Å². The Labute approximate surface area is 146 Å². The highest BCUT2D eigenvalue weighted by atomic mass is 16.3. The van der Waals surface area contributed by atoms with E-state index in [0.717, 1.165) is 13.1 Å². The molecule has 1 aromatic heterocycles. The molecule has 0 saturated carbocycles. The first-order valence-electron chi connectivity index (χ1n) is 8.60. The summed E-state index contributed by atoms with van der Waals surface area (Å²) in [7, 11) is 0. The molecule has 1 aromatic carbocycles. The molecule has 3 rings (SSSR count). The molecule has 1 amide bonds. The Morgan fingerprint density at radius 3 is 2.60 bits per heavy atom. The zero-order valence-electron chi connectivity index (χ0n) is 14.7. The molecule has 1 fully saturated rings. The maximum Gasteiger partial charge on any atom is 0.261 e.